The van der Waals surface area contributed by atoms with E-state index in [4.69, 9.17) is 44.3 Å². The zero-order valence-electron chi connectivity index (χ0n) is 16.4. The Labute approximate surface area is 202 Å². The Kier molecular flexibility index (Phi) is 6.58. The van der Waals surface area contributed by atoms with Gasteiger partial charge >= 0.3 is 6.16 Å². The highest BCUT2D eigenvalue weighted by Gasteiger charge is 2.16. The van der Waals surface area contributed by atoms with Crippen LogP contribution in [0.1, 0.15) is 0 Å². The SMILES string of the molecule is COc1ccc(-c2ccc(-c3nc(-c4ccc(Cl)c(Cl)c4)cs3)cc2OC(=O)O)c(Cl)c1. The molecular formula is C23H14Cl3NO4S. The maximum absolute atomic E-state index is 11.3. The molecule has 0 unspecified atom stereocenters. The molecule has 0 saturated carbocycles. The van der Waals surface area contributed by atoms with Crippen LogP contribution in [0.3, 0.4) is 0 Å². The van der Waals surface area contributed by atoms with Crippen molar-refractivity contribution in [2.24, 2.45) is 0 Å². The van der Waals surface area contributed by atoms with Gasteiger partial charge in [0.25, 0.3) is 0 Å². The van der Waals surface area contributed by atoms with Gasteiger partial charge in [0.2, 0.25) is 0 Å². The van der Waals surface area contributed by atoms with Crippen LogP contribution in [0.25, 0.3) is 33.0 Å². The van der Waals surface area contributed by atoms with Crippen molar-refractivity contribution in [3.05, 3.63) is 75.0 Å². The molecule has 9 heteroatoms. The highest BCUT2D eigenvalue weighted by molar-refractivity contribution is 7.13. The standard InChI is InChI=1S/C23H14Cl3NO4S/c1-30-14-4-6-15(18(25)10-14)16-5-2-13(9-21(16)31-23(28)29)22-27-20(11-32-22)12-3-7-17(24)19(26)8-12/h2-11H,1H3,(H,28,29). The lowest BCUT2D eigenvalue weighted by Gasteiger charge is -2.12. The summed E-state index contributed by atoms with van der Waals surface area (Å²) in [5.74, 6) is 0.738. The van der Waals surface area contributed by atoms with Crippen molar-refractivity contribution >= 4 is 52.3 Å². The predicted molar refractivity (Wildman–Crippen MR) is 129 cm³/mol. The zero-order chi connectivity index (χ0) is 22.8. The van der Waals surface area contributed by atoms with Crippen LogP contribution in [-0.4, -0.2) is 23.4 Å². The van der Waals surface area contributed by atoms with Crippen LogP contribution >= 0.6 is 46.1 Å². The first-order chi connectivity index (χ1) is 15.4. The molecule has 162 valence electrons. The minimum Gasteiger partial charge on any atom is -0.497 e. The van der Waals surface area contributed by atoms with Crippen LogP contribution in [0.4, 0.5) is 4.79 Å². The van der Waals surface area contributed by atoms with E-state index >= 15 is 0 Å². The van der Waals surface area contributed by atoms with Crippen LogP contribution < -0.4 is 9.47 Å². The van der Waals surface area contributed by atoms with E-state index in [-0.39, 0.29) is 5.75 Å². The van der Waals surface area contributed by atoms with Crippen LogP contribution in [0.15, 0.2) is 60.0 Å². The van der Waals surface area contributed by atoms with Gasteiger partial charge in [-0.1, -0.05) is 46.9 Å². The monoisotopic (exact) mass is 505 g/mol. The second-order valence-electron chi connectivity index (χ2n) is 6.59. The molecule has 0 amide bonds. The van der Waals surface area contributed by atoms with E-state index in [2.05, 4.69) is 4.98 Å². The molecule has 0 saturated heterocycles. The summed E-state index contributed by atoms with van der Waals surface area (Å²) < 4.78 is 10.2. The van der Waals surface area contributed by atoms with E-state index in [1.165, 1.54) is 11.3 Å². The molecule has 5 nitrogen and oxygen atoms in total. The van der Waals surface area contributed by atoms with Gasteiger partial charge in [0.1, 0.15) is 16.5 Å². The maximum atomic E-state index is 11.3. The van der Waals surface area contributed by atoms with Crippen molar-refractivity contribution in [2.75, 3.05) is 7.11 Å². The van der Waals surface area contributed by atoms with Crippen molar-refractivity contribution in [1.29, 1.82) is 0 Å². The second kappa shape index (κ2) is 9.38. The lowest BCUT2D eigenvalue weighted by molar-refractivity contribution is 0.144. The van der Waals surface area contributed by atoms with E-state index in [9.17, 15) is 9.90 Å². The Hall–Kier alpha value is -2.77. The Morgan fingerprint density at radius 3 is 2.34 bits per heavy atom. The van der Waals surface area contributed by atoms with Gasteiger partial charge in [-0.3, -0.25) is 0 Å². The van der Waals surface area contributed by atoms with Crippen molar-refractivity contribution in [3.63, 3.8) is 0 Å². The smallest absolute Gasteiger partial charge is 0.497 e. The number of rotatable bonds is 5. The molecule has 4 aromatic rings. The lowest BCUT2D eigenvalue weighted by Crippen LogP contribution is -2.04. The third kappa shape index (κ3) is 4.69. The minimum absolute atomic E-state index is 0.147. The van der Waals surface area contributed by atoms with Crippen molar-refractivity contribution in [1.82, 2.24) is 4.98 Å². The third-order valence-electron chi connectivity index (χ3n) is 4.61. The minimum atomic E-state index is -1.43. The molecular weight excluding hydrogens is 493 g/mol. The summed E-state index contributed by atoms with van der Waals surface area (Å²) in [6.07, 6.45) is -1.43. The number of carbonyl (C=O) groups is 1. The second-order valence-corrected chi connectivity index (χ2v) is 8.67. The van der Waals surface area contributed by atoms with Gasteiger partial charge in [-0.2, -0.15) is 0 Å². The van der Waals surface area contributed by atoms with Gasteiger partial charge in [-0.25, -0.2) is 9.78 Å². The number of methoxy groups -OCH3 is 1. The van der Waals surface area contributed by atoms with Gasteiger partial charge in [0.05, 0.1) is 27.9 Å². The van der Waals surface area contributed by atoms with E-state index in [1.807, 2.05) is 17.5 Å². The summed E-state index contributed by atoms with van der Waals surface area (Å²) in [6.45, 7) is 0. The van der Waals surface area contributed by atoms with Crippen LogP contribution in [0.5, 0.6) is 11.5 Å². The van der Waals surface area contributed by atoms with Crippen molar-refractivity contribution in [3.8, 4) is 44.5 Å². The molecule has 0 aliphatic rings. The molecule has 1 N–H and O–H groups in total. The summed E-state index contributed by atoms with van der Waals surface area (Å²) in [4.78, 5) is 16.0. The first kappa shape index (κ1) is 22.4. The molecule has 0 fully saturated rings. The van der Waals surface area contributed by atoms with Gasteiger partial charge in [-0.05, 0) is 42.5 Å². The van der Waals surface area contributed by atoms with E-state index in [0.29, 0.717) is 42.5 Å². The third-order valence-corrected chi connectivity index (χ3v) is 6.55. The number of hydrogen-bond donors (Lipinski definition) is 1. The van der Waals surface area contributed by atoms with E-state index < -0.39 is 6.16 Å². The molecule has 1 aromatic heterocycles. The zero-order valence-corrected chi connectivity index (χ0v) is 19.5. The van der Waals surface area contributed by atoms with Crippen LogP contribution in [-0.2, 0) is 0 Å². The van der Waals surface area contributed by atoms with Gasteiger partial charge in [-0.15, -0.1) is 11.3 Å². The molecule has 32 heavy (non-hydrogen) atoms. The highest BCUT2D eigenvalue weighted by atomic mass is 35.5. The number of carboxylic acid groups (broad SMARTS) is 1. The number of nitrogens with zero attached hydrogens (tertiary/aromatic N) is 1. The van der Waals surface area contributed by atoms with Gasteiger partial charge in [0.15, 0.2) is 0 Å². The van der Waals surface area contributed by atoms with E-state index in [0.717, 1.165) is 11.3 Å². The van der Waals surface area contributed by atoms with Crippen molar-refractivity contribution in [2.45, 2.75) is 0 Å². The topological polar surface area (TPSA) is 68.7 Å². The van der Waals surface area contributed by atoms with Crippen LogP contribution in [0, 0.1) is 0 Å². The lowest BCUT2D eigenvalue weighted by atomic mass is 10.0. The number of halogens is 3. The molecule has 3 aromatic carbocycles. The number of aromatic nitrogens is 1. The van der Waals surface area contributed by atoms with E-state index in [1.54, 1.807) is 49.6 Å². The quantitative estimate of drug-likeness (QED) is 0.218. The summed E-state index contributed by atoms with van der Waals surface area (Å²) in [5, 5.41) is 13.1. The highest BCUT2D eigenvalue weighted by Crippen LogP contribution is 2.40. The Morgan fingerprint density at radius 2 is 1.66 bits per heavy atom. The fourth-order valence-corrected chi connectivity index (χ4v) is 4.49. The first-order valence-electron chi connectivity index (χ1n) is 9.16. The van der Waals surface area contributed by atoms with Crippen molar-refractivity contribution < 1.29 is 19.4 Å². The normalized spacial score (nSPS) is 10.8. The summed E-state index contributed by atoms with van der Waals surface area (Å²) in [5.41, 5.74) is 3.40. The molecule has 1 heterocycles. The molecule has 4 rings (SSSR count). The fourth-order valence-electron chi connectivity index (χ4n) is 3.09. The Bertz CT molecular complexity index is 1320. The fraction of sp³-hybridized carbons (Fsp3) is 0.0435. The molecule has 0 atom stereocenters. The van der Waals surface area contributed by atoms with Gasteiger partial charge < -0.3 is 14.6 Å². The predicted octanol–water partition coefficient (Wildman–Crippen LogP) is 8.17. The number of hydrogen-bond acceptors (Lipinski definition) is 5. The molecule has 0 bridgehead atoms. The first-order valence-corrected chi connectivity index (χ1v) is 11.2. The molecule has 0 aliphatic heterocycles. The average Bonchev–Trinajstić information content (AvgIpc) is 3.26. The number of thiazole rings is 1. The van der Waals surface area contributed by atoms with Gasteiger partial charge in [0, 0.05) is 27.6 Å². The largest absolute Gasteiger partial charge is 0.511 e. The van der Waals surface area contributed by atoms with Crippen LogP contribution in [0.2, 0.25) is 15.1 Å². The Morgan fingerprint density at radius 1 is 0.906 bits per heavy atom. The molecule has 0 aliphatic carbocycles. The number of ether oxygens (including phenoxy) is 2. The number of benzene rings is 3. The maximum Gasteiger partial charge on any atom is 0.511 e. The summed E-state index contributed by atoms with van der Waals surface area (Å²) in [7, 11) is 1.54. The Balaban J connectivity index is 1.74. The molecule has 0 spiro atoms. The molecule has 0 radical (unpaired) electrons. The average molecular weight is 507 g/mol. The summed E-state index contributed by atoms with van der Waals surface area (Å²) >= 11 is 19.9. The summed E-state index contributed by atoms with van der Waals surface area (Å²) in [6, 6.07) is 15.6.